The van der Waals surface area contributed by atoms with Crippen LogP contribution in [0.3, 0.4) is 0 Å². The van der Waals surface area contributed by atoms with Crippen LogP contribution in [0.1, 0.15) is 0 Å². The van der Waals surface area contributed by atoms with E-state index in [1.54, 1.807) is 12.1 Å². The highest BCUT2D eigenvalue weighted by Crippen LogP contribution is 2.40. The minimum atomic E-state index is -0.491. The summed E-state index contributed by atoms with van der Waals surface area (Å²) in [6.07, 6.45) is 0. The second-order valence-corrected chi connectivity index (χ2v) is 7.02. The highest BCUT2D eigenvalue weighted by atomic mass is 35.5. The fourth-order valence-corrected chi connectivity index (χ4v) is 3.93. The molecule has 0 spiro atoms. The van der Waals surface area contributed by atoms with E-state index in [4.69, 9.17) is 23.2 Å². The summed E-state index contributed by atoms with van der Waals surface area (Å²) < 4.78 is 0.163. The summed E-state index contributed by atoms with van der Waals surface area (Å²) >= 11 is 14.3. The highest BCUT2D eigenvalue weighted by molar-refractivity contribution is 7.20. The van der Waals surface area contributed by atoms with Gasteiger partial charge in [-0.15, -0.1) is 22.7 Å². The van der Waals surface area contributed by atoms with Crippen LogP contribution >= 0.6 is 45.9 Å². The van der Waals surface area contributed by atoms with Gasteiger partial charge in [0.25, 0.3) is 5.69 Å². The quantitative estimate of drug-likeness (QED) is 0.443. The first-order chi connectivity index (χ1) is 10.0. The van der Waals surface area contributed by atoms with Crippen molar-refractivity contribution in [1.82, 2.24) is 4.98 Å². The first-order valence-corrected chi connectivity index (χ1v) is 8.15. The van der Waals surface area contributed by atoms with Crippen LogP contribution in [0.2, 0.25) is 9.36 Å². The largest absolute Gasteiger partial charge is 0.299 e. The van der Waals surface area contributed by atoms with Crippen molar-refractivity contribution in [2.24, 2.45) is 0 Å². The number of nitrogens with zero attached hydrogens (tertiary/aromatic N) is 2. The zero-order valence-corrected chi connectivity index (χ0v) is 13.4. The van der Waals surface area contributed by atoms with Gasteiger partial charge >= 0.3 is 0 Å². The van der Waals surface area contributed by atoms with Crippen molar-refractivity contribution in [2.45, 2.75) is 0 Å². The molecule has 3 rings (SSSR count). The summed E-state index contributed by atoms with van der Waals surface area (Å²) in [5.41, 5.74) is 1.55. The first kappa shape index (κ1) is 14.5. The fourth-order valence-electron chi connectivity index (χ4n) is 1.72. The molecule has 0 radical (unpaired) electrons. The van der Waals surface area contributed by atoms with E-state index >= 15 is 0 Å². The van der Waals surface area contributed by atoms with Gasteiger partial charge in [-0.3, -0.25) is 10.1 Å². The Hall–Kier alpha value is -1.47. The van der Waals surface area contributed by atoms with Gasteiger partial charge in [0.1, 0.15) is 5.01 Å². The third-order valence-corrected chi connectivity index (χ3v) is 5.22. The second-order valence-electron chi connectivity index (χ2n) is 4.07. The number of hydrogen-bond acceptors (Lipinski definition) is 5. The smallest absolute Gasteiger partial charge is 0.258 e. The molecule has 1 aromatic carbocycles. The predicted molar refractivity (Wildman–Crippen MR) is 87.5 cm³/mol. The number of thiophene rings is 1. The van der Waals surface area contributed by atoms with Crippen LogP contribution in [0.15, 0.2) is 35.7 Å². The molecule has 2 heterocycles. The Labute approximate surface area is 137 Å². The van der Waals surface area contributed by atoms with E-state index in [0.717, 1.165) is 21.9 Å². The molecule has 4 nitrogen and oxygen atoms in total. The third-order valence-electron chi connectivity index (χ3n) is 2.71. The van der Waals surface area contributed by atoms with Gasteiger partial charge in [0.2, 0.25) is 0 Å². The zero-order valence-electron chi connectivity index (χ0n) is 10.2. The summed E-state index contributed by atoms with van der Waals surface area (Å²) in [7, 11) is 0. The molecule has 0 saturated heterocycles. The average Bonchev–Trinajstić information content (AvgIpc) is 3.06. The molecule has 3 aromatic rings. The van der Waals surface area contributed by atoms with Crippen LogP contribution in [0.25, 0.3) is 21.1 Å². The van der Waals surface area contributed by atoms with Crippen molar-refractivity contribution in [1.29, 1.82) is 0 Å². The Bertz CT molecular complexity index is 812. The van der Waals surface area contributed by atoms with Crippen molar-refractivity contribution >= 4 is 51.6 Å². The van der Waals surface area contributed by atoms with Crippen LogP contribution in [0.4, 0.5) is 5.69 Å². The van der Waals surface area contributed by atoms with Crippen molar-refractivity contribution in [2.75, 3.05) is 0 Å². The van der Waals surface area contributed by atoms with Crippen LogP contribution in [-0.4, -0.2) is 9.91 Å². The molecule has 2 aromatic heterocycles. The number of benzene rings is 1. The monoisotopic (exact) mass is 356 g/mol. The van der Waals surface area contributed by atoms with Gasteiger partial charge in [-0.1, -0.05) is 35.3 Å². The number of thiazole rings is 1. The number of rotatable bonds is 3. The van der Waals surface area contributed by atoms with Gasteiger partial charge in [-0.05, 0) is 12.1 Å². The van der Waals surface area contributed by atoms with Crippen LogP contribution in [0.5, 0.6) is 0 Å². The molecule has 8 heteroatoms. The maximum Gasteiger partial charge on any atom is 0.299 e. The van der Waals surface area contributed by atoms with Crippen molar-refractivity contribution in [3.8, 4) is 21.1 Å². The SMILES string of the molecule is O=[N+]([O-])c1cc(-c2csc(-c3ccc(Cl)cc3)n2)sc1Cl. The average molecular weight is 357 g/mol. The molecule has 0 aliphatic carbocycles. The van der Waals surface area contributed by atoms with Gasteiger partial charge in [-0.2, -0.15) is 0 Å². The zero-order chi connectivity index (χ0) is 15.0. The Kier molecular flexibility index (Phi) is 3.95. The van der Waals surface area contributed by atoms with E-state index in [1.165, 1.54) is 17.4 Å². The molecule has 21 heavy (non-hydrogen) atoms. The molecular weight excluding hydrogens is 351 g/mol. The van der Waals surface area contributed by atoms with Crippen molar-refractivity contribution < 1.29 is 4.92 Å². The van der Waals surface area contributed by atoms with E-state index in [9.17, 15) is 10.1 Å². The van der Waals surface area contributed by atoms with E-state index < -0.39 is 4.92 Å². The highest BCUT2D eigenvalue weighted by Gasteiger charge is 2.19. The topological polar surface area (TPSA) is 56.0 Å². The lowest BCUT2D eigenvalue weighted by Crippen LogP contribution is -1.84. The molecule has 0 aliphatic heterocycles. The van der Waals surface area contributed by atoms with Gasteiger partial charge in [0.05, 0.1) is 15.5 Å². The van der Waals surface area contributed by atoms with Gasteiger partial charge in [0, 0.05) is 22.0 Å². The van der Waals surface area contributed by atoms with E-state index in [0.29, 0.717) is 15.6 Å². The number of nitro groups is 1. The van der Waals surface area contributed by atoms with Gasteiger partial charge in [-0.25, -0.2) is 4.98 Å². The Morgan fingerprint density at radius 2 is 1.90 bits per heavy atom. The van der Waals surface area contributed by atoms with Gasteiger partial charge < -0.3 is 0 Å². The third kappa shape index (κ3) is 2.94. The normalized spacial score (nSPS) is 10.8. The molecule has 0 fully saturated rings. The van der Waals surface area contributed by atoms with Crippen molar-refractivity contribution in [3.05, 3.63) is 55.2 Å². The summed E-state index contributed by atoms with van der Waals surface area (Å²) in [5.74, 6) is 0. The number of aromatic nitrogens is 1. The molecule has 0 N–H and O–H groups in total. The van der Waals surface area contributed by atoms with E-state index in [-0.39, 0.29) is 10.0 Å². The predicted octanol–water partition coefficient (Wildman–Crippen LogP) is 5.75. The lowest BCUT2D eigenvalue weighted by molar-refractivity contribution is -0.384. The molecule has 0 amide bonds. The summed E-state index contributed by atoms with van der Waals surface area (Å²) in [4.78, 5) is 15.5. The molecular formula is C13H6Cl2N2O2S2. The molecule has 0 bridgehead atoms. The summed E-state index contributed by atoms with van der Waals surface area (Å²) in [6.45, 7) is 0. The Balaban J connectivity index is 1.96. The minimum Gasteiger partial charge on any atom is -0.258 e. The number of halogens is 2. The minimum absolute atomic E-state index is 0.0855. The lowest BCUT2D eigenvalue weighted by atomic mass is 10.2. The van der Waals surface area contributed by atoms with Crippen LogP contribution in [-0.2, 0) is 0 Å². The van der Waals surface area contributed by atoms with E-state index in [2.05, 4.69) is 4.98 Å². The van der Waals surface area contributed by atoms with E-state index in [1.807, 2.05) is 17.5 Å². The maximum atomic E-state index is 10.8. The summed E-state index contributed by atoms with van der Waals surface area (Å²) in [6, 6.07) is 8.81. The Morgan fingerprint density at radius 1 is 1.19 bits per heavy atom. The molecule has 0 atom stereocenters. The summed E-state index contributed by atoms with van der Waals surface area (Å²) in [5, 5.41) is 14.2. The fraction of sp³-hybridized carbons (Fsp3) is 0. The van der Waals surface area contributed by atoms with Crippen molar-refractivity contribution in [3.63, 3.8) is 0 Å². The molecule has 0 saturated carbocycles. The molecule has 106 valence electrons. The number of hydrogen-bond donors (Lipinski definition) is 0. The molecule has 0 aliphatic rings. The van der Waals surface area contributed by atoms with Gasteiger partial charge in [0.15, 0.2) is 4.34 Å². The lowest BCUT2D eigenvalue weighted by Gasteiger charge is -1.95. The molecule has 0 unspecified atom stereocenters. The maximum absolute atomic E-state index is 10.8. The first-order valence-electron chi connectivity index (χ1n) is 5.70. The Morgan fingerprint density at radius 3 is 2.52 bits per heavy atom. The van der Waals surface area contributed by atoms with Crippen LogP contribution < -0.4 is 0 Å². The standard InChI is InChI=1S/C13H6Cl2N2O2S2/c14-8-3-1-7(2-4-8)13-16-9(6-20-13)11-5-10(17(18)19)12(15)21-11/h1-6H. The second kappa shape index (κ2) is 5.73. The van der Waals surface area contributed by atoms with Crippen LogP contribution in [0, 0.1) is 10.1 Å².